The number of esters is 2. The molecule has 0 heterocycles. The SMILES string of the molecule is CCCCCOC(=O)c1ccc(C(=O)Oc2cccc(Cl)c2)cc1. The van der Waals surface area contributed by atoms with Gasteiger partial charge in [0.25, 0.3) is 0 Å². The monoisotopic (exact) mass is 346 g/mol. The van der Waals surface area contributed by atoms with Crippen LogP contribution in [0.3, 0.4) is 0 Å². The molecule has 4 nitrogen and oxygen atoms in total. The number of hydrogen-bond donors (Lipinski definition) is 0. The Hall–Kier alpha value is -2.33. The highest BCUT2D eigenvalue weighted by atomic mass is 35.5. The van der Waals surface area contributed by atoms with Gasteiger partial charge in [0.15, 0.2) is 0 Å². The molecule has 0 saturated heterocycles. The van der Waals surface area contributed by atoms with E-state index in [1.807, 2.05) is 0 Å². The van der Waals surface area contributed by atoms with Gasteiger partial charge >= 0.3 is 11.9 Å². The first kappa shape index (κ1) is 18.0. The molecule has 0 atom stereocenters. The smallest absolute Gasteiger partial charge is 0.343 e. The van der Waals surface area contributed by atoms with Crippen molar-refractivity contribution in [2.24, 2.45) is 0 Å². The van der Waals surface area contributed by atoms with Crippen molar-refractivity contribution in [2.45, 2.75) is 26.2 Å². The van der Waals surface area contributed by atoms with Gasteiger partial charge in [0.05, 0.1) is 17.7 Å². The van der Waals surface area contributed by atoms with E-state index in [-0.39, 0.29) is 5.97 Å². The molecule has 0 aliphatic carbocycles. The maximum Gasteiger partial charge on any atom is 0.343 e. The summed E-state index contributed by atoms with van der Waals surface area (Å²) in [6, 6.07) is 12.8. The summed E-state index contributed by atoms with van der Waals surface area (Å²) in [5, 5.41) is 0.487. The molecule has 0 unspecified atom stereocenters. The van der Waals surface area contributed by atoms with Crippen molar-refractivity contribution in [3.05, 3.63) is 64.7 Å². The van der Waals surface area contributed by atoms with Crippen LogP contribution in [-0.4, -0.2) is 18.5 Å². The van der Waals surface area contributed by atoms with E-state index < -0.39 is 5.97 Å². The van der Waals surface area contributed by atoms with E-state index in [0.29, 0.717) is 28.5 Å². The lowest BCUT2D eigenvalue weighted by Gasteiger charge is -2.06. The fourth-order valence-electron chi connectivity index (χ4n) is 2.04. The maximum atomic E-state index is 12.1. The van der Waals surface area contributed by atoms with Crippen LogP contribution in [-0.2, 0) is 4.74 Å². The molecule has 0 bridgehead atoms. The van der Waals surface area contributed by atoms with Crippen LogP contribution in [0.1, 0.15) is 46.9 Å². The third-order valence-corrected chi connectivity index (χ3v) is 3.58. The molecule has 5 heteroatoms. The summed E-state index contributed by atoms with van der Waals surface area (Å²) in [5.74, 6) is -0.534. The van der Waals surface area contributed by atoms with Crippen LogP contribution in [0.2, 0.25) is 5.02 Å². The molecule has 0 aromatic heterocycles. The molecule has 0 N–H and O–H groups in total. The third kappa shape index (κ3) is 5.39. The lowest BCUT2D eigenvalue weighted by molar-refractivity contribution is 0.0497. The highest BCUT2D eigenvalue weighted by Gasteiger charge is 2.12. The van der Waals surface area contributed by atoms with E-state index in [1.165, 1.54) is 12.1 Å². The summed E-state index contributed by atoms with van der Waals surface area (Å²) < 4.78 is 10.4. The maximum absolute atomic E-state index is 12.1. The summed E-state index contributed by atoms with van der Waals surface area (Å²) in [5.41, 5.74) is 0.753. The molecule has 0 aliphatic rings. The van der Waals surface area contributed by atoms with Crippen LogP contribution < -0.4 is 4.74 Å². The van der Waals surface area contributed by atoms with Crippen molar-refractivity contribution in [3.8, 4) is 5.75 Å². The first-order valence-electron chi connectivity index (χ1n) is 7.85. The number of halogens is 1. The van der Waals surface area contributed by atoms with Gasteiger partial charge in [-0.25, -0.2) is 9.59 Å². The Morgan fingerprint density at radius 2 is 1.62 bits per heavy atom. The minimum absolute atomic E-state index is 0.345. The Balaban J connectivity index is 1.93. The Labute approximate surface area is 146 Å². The first-order valence-corrected chi connectivity index (χ1v) is 8.23. The summed E-state index contributed by atoms with van der Waals surface area (Å²) in [4.78, 5) is 23.9. The average molecular weight is 347 g/mol. The van der Waals surface area contributed by atoms with Gasteiger partial charge < -0.3 is 9.47 Å². The van der Waals surface area contributed by atoms with Gasteiger partial charge in [-0.1, -0.05) is 37.4 Å². The molecule has 2 aromatic carbocycles. The fourth-order valence-corrected chi connectivity index (χ4v) is 2.22. The Morgan fingerprint density at radius 1 is 0.958 bits per heavy atom. The molecule has 0 saturated carbocycles. The van der Waals surface area contributed by atoms with Crippen LogP contribution in [0.15, 0.2) is 48.5 Å². The quantitative estimate of drug-likeness (QED) is 0.406. The number of carbonyl (C=O) groups is 2. The van der Waals surface area contributed by atoms with Gasteiger partial charge in [0.1, 0.15) is 5.75 Å². The van der Waals surface area contributed by atoms with Crippen molar-refractivity contribution in [3.63, 3.8) is 0 Å². The molecule has 0 amide bonds. The molecular weight excluding hydrogens is 328 g/mol. The molecule has 0 spiro atoms. The van der Waals surface area contributed by atoms with Crippen LogP contribution >= 0.6 is 11.6 Å². The van der Waals surface area contributed by atoms with E-state index in [1.54, 1.807) is 36.4 Å². The molecule has 0 aliphatic heterocycles. The van der Waals surface area contributed by atoms with Gasteiger partial charge in [-0.15, -0.1) is 0 Å². The highest BCUT2D eigenvalue weighted by molar-refractivity contribution is 6.30. The molecule has 126 valence electrons. The standard InChI is InChI=1S/C19H19ClO4/c1-2-3-4-12-23-18(21)14-8-10-15(11-9-14)19(22)24-17-7-5-6-16(20)13-17/h5-11,13H,2-4,12H2,1H3. The van der Waals surface area contributed by atoms with Gasteiger partial charge in [-0.05, 0) is 48.9 Å². The van der Waals surface area contributed by atoms with E-state index in [2.05, 4.69) is 6.92 Å². The van der Waals surface area contributed by atoms with Gasteiger partial charge in [-0.3, -0.25) is 0 Å². The number of carbonyl (C=O) groups excluding carboxylic acids is 2. The topological polar surface area (TPSA) is 52.6 Å². The summed E-state index contributed by atoms with van der Waals surface area (Å²) in [7, 11) is 0. The lowest BCUT2D eigenvalue weighted by Crippen LogP contribution is -2.10. The number of ether oxygens (including phenoxy) is 2. The molecule has 0 fully saturated rings. The Kier molecular flexibility index (Phi) is 6.82. The van der Waals surface area contributed by atoms with Crippen LogP contribution in [0.4, 0.5) is 0 Å². The molecule has 2 rings (SSSR count). The lowest BCUT2D eigenvalue weighted by atomic mass is 10.1. The minimum Gasteiger partial charge on any atom is -0.462 e. The van der Waals surface area contributed by atoms with Crippen LogP contribution in [0, 0.1) is 0 Å². The van der Waals surface area contributed by atoms with E-state index >= 15 is 0 Å². The second-order valence-electron chi connectivity index (χ2n) is 5.27. The Morgan fingerprint density at radius 3 is 2.25 bits per heavy atom. The average Bonchev–Trinajstić information content (AvgIpc) is 2.58. The zero-order valence-electron chi connectivity index (χ0n) is 13.5. The predicted octanol–water partition coefficient (Wildman–Crippen LogP) is 4.91. The molecule has 24 heavy (non-hydrogen) atoms. The summed E-state index contributed by atoms with van der Waals surface area (Å²) in [6.45, 7) is 2.49. The minimum atomic E-state index is -0.514. The van der Waals surface area contributed by atoms with Crippen molar-refractivity contribution in [1.82, 2.24) is 0 Å². The van der Waals surface area contributed by atoms with Crippen molar-refractivity contribution in [2.75, 3.05) is 6.61 Å². The zero-order chi connectivity index (χ0) is 17.4. The third-order valence-electron chi connectivity index (χ3n) is 3.34. The largest absolute Gasteiger partial charge is 0.462 e. The van der Waals surface area contributed by atoms with Gasteiger partial charge in [0.2, 0.25) is 0 Å². The predicted molar refractivity (Wildman–Crippen MR) is 92.7 cm³/mol. The normalized spacial score (nSPS) is 10.2. The van der Waals surface area contributed by atoms with Crippen molar-refractivity contribution >= 4 is 23.5 Å². The second-order valence-corrected chi connectivity index (χ2v) is 5.70. The summed E-state index contributed by atoms with van der Waals surface area (Å²) in [6.07, 6.45) is 2.95. The van der Waals surface area contributed by atoms with Crippen molar-refractivity contribution < 1.29 is 19.1 Å². The zero-order valence-corrected chi connectivity index (χ0v) is 14.2. The highest BCUT2D eigenvalue weighted by Crippen LogP contribution is 2.18. The van der Waals surface area contributed by atoms with E-state index in [4.69, 9.17) is 21.1 Å². The number of hydrogen-bond acceptors (Lipinski definition) is 4. The fraction of sp³-hybridized carbons (Fsp3) is 0.263. The van der Waals surface area contributed by atoms with Crippen LogP contribution in [0.5, 0.6) is 5.75 Å². The number of rotatable bonds is 7. The van der Waals surface area contributed by atoms with E-state index in [0.717, 1.165) is 19.3 Å². The van der Waals surface area contributed by atoms with Crippen molar-refractivity contribution in [1.29, 1.82) is 0 Å². The summed E-state index contributed by atoms with van der Waals surface area (Å²) >= 11 is 5.85. The molecule has 0 radical (unpaired) electrons. The van der Waals surface area contributed by atoms with Crippen LogP contribution in [0.25, 0.3) is 0 Å². The number of unbranched alkanes of at least 4 members (excludes halogenated alkanes) is 2. The number of benzene rings is 2. The second kappa shape index (κ2) is 9.08. The molecule has 2 aromatic rings. The molecular formula is C19H19ClO4. The Bertz CT molecular complexity index is 695. The van der Waals surface area contributed by atoms with Gasteiger partial charge in [-0.2, -0.15) is 0 Å². The van der Waals surface area contributed by atoms with Gasteiger partial charge in [0, 0.05) is 5.02 Å². The first-order chi connectivity index (χ1) is 11.6. The van der Waals surface area contributed by atoms with E-state index in [9.17, 15) is 9.59 Å².